The first-order chi connectivity index (χ1) is 9.54. The zero-order valence-corrected chi connectivity index (χ0v) is 13.1. The fourth-order valence-electron chi connectivity index (χ4n) is 2.55. The maximum atomic E-state index is 13.1. The van der Waals surface area contributed by atoms with Gasteiger partial charge in [0.1, 0.15) is 5.82 Å². The molecule has 1 nitrogen and oxygen atoms in total. The number of nitrogens with one attached hydrogen (secondary N) is 1. The van der Waals surface area contributed by atoms with Gasteiger partial charge in [-0.15, -0.1) is 0 Å². The highest BCUT2D eigenvalue weighted by Crippen LogP contribution is 2.29. The molecule has 0 bridgehead atoms. The van der Waals surface area contributed by atoms with E-state index in [0.717, 1.165) is 13.0 Å². The molecule has 2 rings (SSSR count). The predicted molar refractivity (Wildman–Crippen MR) is 84.9 cm³/mol. The van der Waals surface area contributed by atoms with Crippen LogP contribution < -0.4 is 5.32 Å². The molecule has 3 heteroatoms. The Morgan fingerprint density at radius 2 is 1.90 bits per heavy atom. The Labute approximate surface area is 124 Å². The van der Waals surface area contributed by atoms with Crippen molar-refractivity contribution in [3.63, 3.8) is 0 Å². The monoisotopic (exact) mass is 291 g/mol. The van der Waals surface area contributed by atoms with Crippen LogP contribution in [0.25, 0.3) is 0 Å². The largest absolute Gasteiger partial charge is 0.313 e. The number of likely N-dealkylation sites (N-methyl/N-ethyl adjacent to an activating group) is 1. The first-order valence-electron chi connectivity index (χ1n) is 7.04. The molecule has 0 radical (unpaired) electrons. The lowest BCUT2D eigenvalue weighted by atomic mass is 9.75. The molecule has 108 valence electrons. The summed E-state index contributed by atoms with van der Waals surface area (Å²) in [5.74, 6) is -0.178. The van der Waals surface area contributed by atoms with Crippen molar-refractivity contribution < 1.29 is 4.39 Å². The van der Waals surface area contributed by atoms with Gasteiger partial charge in [0.15, 0.2) is 0 Å². The van der Waals surface area contributed by atoms with Crippen LogP contribution in [0.2, 0.25) is 0 Å². The van der Waals surface area contributed by atoms with Crippen LogP contribution in [0.1, 0.15) is 31.9 Å². The molecule has 0 amide bonds. The van der Waals surface area contributed by atoms with Gasteiger partial charge in [-0.1, -0.05) is 32.9 Å². The van der Waals surface area contributed by atoms with Gasteiger partial charge in [0.25, 0.3) is 0 Å². The van der Waals surface area contributed by atoms with Gasteiger partial charge in [-0.3, -0.25) is 0 Å². The minimum Gasteiger partial charge on any atom is -0.313 e. The minimum absolute atomic E-state index is 0.0500. The summed E-state index contributed by atoms with van der Waals surface area (Å²) in [5.41, 5.74) is 2.47. The van der Waals surface area contributed by atoms with Gasteiger partial charge in [0.05, 0.1) is 0 Å². The Hall–Kier alpha value is -1.19. The standard InChI is InChI=1S/C17H22FNS/c1-4-19-16(11-13-9-10-20-12-13)17(2,3)14-5-7-15(18)8-6-14/h5-10,12,16,19H,4,11H2,1-3H3. The van der Waals surface area contributed by atoms with E-state index in [1.807, 2.05) is 12.1 Å². The van der Waals surface area contributed by atoms with E-state index < -0.39 is 0 Å². The SMILES string of the molecule is CCNC(Cc1ccsc1)C(C)(C)c1ccc(F)cc1. The average Bonchev–Trinajstić information content (AvgIpc) is 2.92. The van der Waals surface area contributed by atoms with Crippen molar-refractivity contribution in [3.05, 3.63) is 58.0 Å². The third-order valence-electron chi connectivity index (χ3n) is 3.93. The first kappa shape index (κ1) is 15.2. The number of benzene rings is 1. The number of rotatable bonds is 6. The highest BCUT2D eigenvalue weighted by molar-refractivity contribution is 7.07. The molecule has 0 saturated carbocycles. The summed E-state index contributed by atoms with van der Waals surface area (Å²) in [7, 11) is 0. The Kier molecular flexibility index (Phi) is 4.95. The molecule has 1 unspecified atom stereocenters. The fourth-order valence-corrected chi connectivity index (χ4v) is 3.24. The molecule has 0 fully saturated rings. The van der Waals surface area contributed by atoms with E-state index in [0.29, 0.717) is 6.04 Å². The van der Waals surface area contributed by atoms with E-state index in [4.69, 9.17) is 0 Å². The quantitative estimate of drug-likeness (QED) is 0.832. The van der Waals surface area contributed by atoms with Crippen molar-refractivity contribution in [2.24, 2.45) is 0 Å². The topological polar surface area (TPSA) is 12.0 Å². The molecular weight excluding hydrogens is 269 g/mol. The molecule has 1 atom stereocenters. The average molecular weight is 291 g/mol. The first-order valence-corrected chi connectivity index (χ1v) is 7.99. The zero-order valence-electron chi connectivity index (χ0n) is 12.3. The van der Waals surface area contributed by atoms with E-state index in [-0.39, 0.29) is 11.2 Å². The second kappa shape index (κ2) is 6.51. The van der Waals surface area contributed by atoms with Crippen LogP contribution in [0.4, 0.5) is 4.39 Å². The van der Waals surface area contributed by atoms with Gasteiger partial charge in [-0.25, -0.2) is 4.39 Å². The molecule has 0 aliphatic carbocycles. The van der Waals surface area contributed by atoms with E-state index in [9.17, 15) is 4.39 Å². The zero-order chi connectivity index (χ0) is 14.6. The summed E-state index contributed by atoms with van der Waals surface area (Å²) in [6.07, 6.45) is 0.988. The third-order valence-corrected chi connectivity index (χ3v) is 4.66. The molecule has 0 aliphatic heterocycles. The molecule has 20 heavy (non-hydrogen) atoms. The van der Waals surface area contributed by atoms with E-state index in [1.54, 1.807) is 23.5 Å². The lowest BCUT2D eigenvalue weighted by Gasteiger charge is -2.35. The minimum atomic E-state index is -0.178. The number of halogens is 1. The Morgan fingerprint density at radius 3 is 2.45 bits per heavy atom. The molecular formula is C17H22FNS. The van der Waals surface area contributed by atoms with Crippen LogP contribution in [0.5, 0.6) is 0 Å². The highest BCUT2D eigenvalue weighted by Gasteiger charge is 2.30. The molecule has 0 spiro atoms. The van der Waals surface area contributed by atoms with Gasteiger partial charge in [0.2, 0.25) is 0 Å². The number of hydrogen-bond donors (Lipinski definition) is 1. The Balaban J connectivity index is 2.23. The van der Waals surface area contributed by atoms with Crippen LogP contribution in [0.3, 0.4) is 0 Å². The molecule has 2 aromatic rings. The normalized spacial score (nSPS) is 13.4. The van der Waals surface area contributed by atoms with E-state index >= 15 is 0 Å². The van der Waals surface area contributed by atoms with Crippen LogP contribution in [0.15, 0.2) is 41.1 Å². The summed E-state index contributed by atoms with van der Waals surface area (Å²) >= 11 is 1.73. The van der Waals surface area contributed by atoms with Crippen molar-refractivity contribution in [2.75, 3.05) is 6.54 Å². The van der Waals surface area contributed by atoms with Crippen LogP contribution >= 0.6 is 11.3 Å². The molecule has 1 aromatic carbocycles. The summed E-state index contributed by atoms with van der Waals surface area (Å²) < 4.78 is 13.1. The van der Waals surface area contributed by atoms with Crippen LogP contribution in [0, 0.1) is 5.82 Å². The summed E-state index contributed by atoms with van der Waals surface area (Å²) in [4.78, 5) is 0. The Bertz CT molecular complexity index is 516. The van der Waals surface area contributed by atoms with Gasteiger partial charge < -0.3 is 5.32 Å². The Morgan fingerprint density at radius 1 is 1.20 bits per heavy atom. The summed E-state index contributed by atoms with van der Waals surface area (Å²) in [6.45, 7) is 7.50. The van der Waals surface area contributed by atoms with Crippen molar-refractivity contribution >= 4 is 11.3 Å². The maximum Gasteiger partial charge on any atom is 0.123 e. The highest BCUT2D eigenvalue weighted by atomic mass is 32.1. The lowest BCUT2D eigenvalue weighted by molar-refractivity contribution is 0.342. The van der Waals surface area contributed by atoms with Crippen molar-refractivity contribution in [1.29, 1.82) is 0 Å². The second-order valence-electron chi connectivity index (χ2n) is 5.67. The number of hydrogen-bond acceptors (Lipinski definition) is 2. The van der Waals surface area contributed by atoms with Gasteiger partial charge in [0, 0.05) is 11.5 Å². The third kappa shape index (κ3) is 3.47. The second-order valence-corrected chi connectivity index (χ2v) is 6.45. The van der Waals surface area contributed by atoms with Crippen LogP contribution in [-0.4, -0.2) is 12.6 Å². The van der Waals surface area contributed by atoms with Gasteiger partial charge in [-0.05, 0) is 53.1 Å². The van der Waals surface area contributed by atoms with Crippen molar-refractivity contribution in [2.45, 2.75) is 38.6 Å². The molecule has 1 heterocycles. The maximum absolute atomic E-state index is 13.1. The number of thiophene rings is 1. The molecule has 0 saturated heterocycles. The van der Waals surface area contributed by atoms with E-state index in [1.165, 1.54) is 11.1 Å². The smallest absolute Gasteiger partial charge is 0.123 e. The van der Waals surface area contributed by atoms with Crippen LogP contribution in [-0.2, 0) is 11.8 Å². The molecule has 1 N–H and O–H groups in total. The van der Waals surface area contributed by atoms with E-state index in [2.05, 4.69) is 42.9 Å². The summed E-state index contributed by atoms with van der Waals surface area (Å²) in [5, 5.41) is 7.90. The molecule has 0 aliphatic rings. The van der Waals surface area contributed by atoms with Gasteiger partial charge in [-0.2, -0.15) is 11.3 Å². The fraction of sp³-hybridized carbons (Fsp3) is 0.412. The van der Waals surface area contributed by atoms with Gasteiger partial charge >= 0.3 is 0 Å². The van der Waals surface area contributed by atoms with Crippen molar-refractivity contribution in [3.8, 4) is 0 Å². The lowest BCUT2D eigenvalue weighted by Crippen LogP contribution is -2.46. The van der Waals surface area contributed by atoms with Crippen molar-refractivity contribution in [1.82, 2.24) is 5.32 Å². The predicted octanol–water partition coefficient (Wildman–Crippen LogP) is 4.39. The summed E-state index contributed by atoms with van der Waals surface area (Å²) in [6, 6.07) is 9.39. The molecule has 1 aromatic heterocycles.